The van der Waals surface area contributed by atoms with Crippen LogP contribution in [0.25, 0.3) is 0 Å². The molecule has 3 N–H and O–H groups in total. The lowest BCUT2D eigenvalue weighted by atomic mass is 9.95. The molecule has 3 rings (SSSR count). The minimum absolute atomic E-state index is 0. The van der Waals surface area contributed by atoms with Crippen molar-refractivity contribution in [3.63, 3.8) is 0 Å². The summed E-state index contributed by atoms with van der Waals surface area (Å²) in [7, 11) is 0. The van der Waals surface area contributed by atoms with Gasteiger partial charge in [0.15, 0.2) is 0 Å². The van der Waals surface area contributed by atoms with Gasteiger partial charge in [-0.1, -0.05) is 30.3 Å². The molecule has 164 valence electrons. The summed E-state index contributed by atoms with van der Waals surface area (Å²) in [4.78, 5) is 30.1. The quantitative estimate of drug-likeness (QED) is 0.674. The zero-order valence-electron chi connectivity index (χ0n) is 16.6. The number of rotatable bonds is 6. The summed E-state index contributed by atoms with van der Waals surface area (Å²) in [5.41, 5.74) is 6.53. The van der Waals surface area contributed by atoms with Crippen molar-refractivity contribution in [1.29, 1.82) is 0 Å². The number of nitrogens with zero attached hydrogens (tertiary/aromatic N) is 2. The summed E-state index contributed by atoms with van der Waals surface area (Å²) < 4.78 is 0. The van der Waals surface area contributed by atoms with Gasteiger partial charge in [-0.05, 0) is 18.4 Å². The van der Waals surface area contributed by atoms with Gasteiger partial charge in [0.25, 0.3) is 0 Å². The van der Waals surface area contributed by atoms with Gasteiger partial charge in [-0.15, -0.1) is 24.8 Å². The lowest BCUT2D eigenvalue weighted by Crippen LogP contribution is -2.51. The summed E-state index contributed by atoms with van der Waals surface area (Å²) in [5.74, 6) is 2.12. The Morgan fingerprint density at radius 3 is 2.48 bits per heavy atom. The molecule has 2 unspecified atom stereocenters. The number of carbonyl (C=O) groups excluding carboxylic acids is 2. The molecule has 2 atom stereocenters. The molecule has 0 saturated carbocycles. The molecule has 2 aliphatic rings. The fourth-order valence-corrected chi connectivity index (χ4v) is 4.82. The van der Waals surface area contributed by atoms with Gasteiger partial charge in [-0.2, -0.15) is 11.8 Å². The van der Waals surface area contributed by atoms with Crippen molar-refractivity contribution in [2.45, 2.75) is 18.9 Å². The maximum absolute atomic E-state index is 13.5. The van der Waals surface area contributed by atoms with Crippen molar-refractivity contribution < 1.29 is 9.59 Å². The Morgan fingerprint density at radius 1 is 1.14 bits per heavy atom. The van der Waals surface area contributed by atoms with Crippen molar-refractivity contribution in [3.05, 3.63) is 35.9 Å². The van der Waals surface area contributed by atoms with Gasteiger partial charge in [0.05, 0.1) is 5.92 Å². The Labute approximate surface area is 190 Å². The molecule has 0 aromatic heterocycles. The van der Waals surface area contributed by atoms with Gasteiger partial charge in [0, 0.05) is 50.8 Å². The van der Waals surface area contributed by atoms with Gasteiger partial charge in [0.1, 0.15) is 6.04 Å². The number of nitrogens with two attached hydrogens (primary N) is 1. The van der Waals surface area contributed by atoms with E-state index >= 15 is 0 Å². The Bertz CT molecular complexity index is 632. The highest BCUT2D eigenvalue weighted by Crippen LogP contribution is 2.28. The minimum Gasteiger partial charge on any atom is -0.355 e. The number of halogens is 2. The molecule has 2 heterocycles. The molecule has 2 aliphatic heterocycles. The Morgan fingerprint density at radius 2 is 1.83 bits per heavy atom. The Balaban J connectivity index is 0.00000210. The molecular weight excluding hydrogens is 431 g/mol. The van der Waals surface area contributed by atoms with E-state index in [2.05, 4.69) is 10.2 Å². The highest BCUT2D eigenvalue weighted by atomic mass is 35.5. The number of carbonyl (C=O) groups is 2. The molecule has 0 radical (unpaired) electrons. The average Bonchev–Trinajstić information content (AvgIpc) is 2.74. The van der Waals surface area contributed by atoms with E-state index in [1.165, 1.54) is 0 Å². The summed E-state index contributed by atoms with van der Waals surface area (Å²) in [6.07, 6.45) is 1.69. The third kappa shape index (κ3) is 7.03. The van der Waals surface area contributed by atoms with Crippen LogP contribution < -0.4 is 11.1 Å². The second kappa shape index (κ2) is 13.3. The van der Waals surface area contributed by atoms with Crippen molar-refractivity contribution in [3.8, 4) is 0 Å². The molecule has 6 nitrogen and oxygen atoms in total. The third-order valence-corrected chi connectivity index (χ3v) is 6.25. The number of hydrogen-bond acceptors (Lipinski definition) is 5. The van der Waals surface area contributed by atoms with Crippen LogP contribution in [0.15, 0.2) is 30.3 Å². The zero-order chi connectivity index (χ0) is 19.1. The van der Waals surface area contributed by atoms with Gasteiger partial charge in [-0.3, -0.25) is 14.5 Å². The van der Waals surface area contributed by atoms with Crippen LogP contribution in [0.5, 0.6) is 0 Å². The smallest absolute Gasteiger partial charge is 0.244 e. The van der Waals surface area contributed by atoms with Crippen LogP contribution >= 0.6 is 36.6 Å². The van der Waals surface area contributed by atoms with Crippen molar-refractivity contribution in [1.82, 2.24) is 15.1 Å². The molecule has 1 aromatic carbocycles. The number of hydrogen-bond donors (Lipinski definition) is 2. The number of thioether (sulfide) groups is 1. The van der Waals surface area contributed by atoms with Gasteiger partial charge in [-0.25, -0.2) is 0 Å². The minimum atomic E-state index is -0.252. The van der Waals surface area contributed by atoms with E-state index in [-0.39, 0.29) is 48.6 Å². The predicted molar refractivity (Wildman–Crippen MR) is 124 cm³/mol. The number of amides is 2. The van der Waals surface area contributed by atoms with E-state index in [0.717, 1.165) is 49.5 Å². The first-order valence-corrected chi connectivity index (χ1v) is 11.0. The first-order chi connectivity index (χ1) is 13.2. The third-order valence-electron chi connectivity index (χ3n) is 5.31. The first-order valence-electron chi connectivity index (χ1n) is 9.84. The van der Waals surface area contributed by atoms with Crippen LogP contribution in [-0.4, -0.2) is 72.4 Å². The maximum atomic E-state index is 13.5. The van der Waals surface area contributed by atoms with Gasteiger partial charge >= 0.3 is 0 Å². The van der Waals surface area contributed by atoms with E-state index in [1.807, 2.05) is 47.0 Å². The zero-order valence-corrected chi connectivity index (χ0v) is 19.1. The van der Waals surface area contributed by atoms with Crippen LogP contribution in [-0.2, 0) is 9.59 Å². The van der Waals surface area contributed by atoms with Crippen molar-refractivity contribution >= 4 is 48.4 Å². The number of benzene rings is 1. The summed E-state index contributed by atoms with van der Waals surface area (Å²) in [5, 5.41) is 2.87. The van der Waals surface area contributed by atoms with Gasteiger partial charge < -0.3 is 16.0 Å². The lowest BCUT2D eigenvalue weighted by molar-refractivity contribution is -0.140. The first kappa shape index (κ1) is 26.0. The van der Waals surface area contributed by atoms with Gasteiger partial charge in [0.2, 0.25) is 11.8 Å². The topological polar surface area (TPSA) is 78.7 Å². The molecule has 0 aliphatic carbocycles. The van der Waals surface area contributed by atoms with E-state index < -0.39 is 0 Å². The number of piperidine rings is 1. The second-order valence-corrected chi connectivity index (χ2v) is 8.39. The van der Waals surface area contributed by atoms with Crippen molar-refractivity contribution in [2.24, 2.45) is 11.7 Å². The second-order valence-electron chi connectivity index (χ2n) is 7.16. The average molecular weight is 463 g/mol. The van der Waals surface area contributed by atoms with E-state index in [4.69, 9.17) is 5.73 Å². The Kier molecular flexibility index (Phi) is 12.0. The van der Waals surface area contributed by atoms with Crippen molar-refractivity contribution in [2.75, 3.05) is 50.8 Å². The number of nitrogens with one attached hydrogen (secondary N) is 1. The molecular formula is C20H32Cl2N4O2S. The summed E-state index contributed by atoms with van der Waals surface area (Å²) in [6.45, 7) is 3.99. The van der Waals surface area contributed by atoms with Crippen LogP contribution in [0.4, 0.5) is 0 Å². The molecule has 0 bridgehead atoms. The lowest BCUT2D eigenvalue weighted by Gasteiger charge is -2.39. The SMILES string of the molecule is Cl.Cl.NCCNC(=O)C1CCCN(C(=O)C(c2ccccc2)N2CCSCC2)C1. The maximum Gasteiger partial charge on any atom is 0.244 e. The predicted octanol–water partition coefficient (Wildman–Crippen LogP) is 1.93. The fraction of sp³-hybridized carbons (Fsp3) is 0.600. The standard InChI is InChI=1S/C20H30N4O2S.2ClH/c21-8-9-22-19(25)17-7-4-10-24(15-17)20(26)18(16-5-2-1-3-6-16)23-11-13-27-14-12-23;;/h1-3,5-6,17-18H,4,7-15,21H2,(H,22,25);2*1H. The molecule has 2 amide bonds. The molecule has 29 heavy (non-hydrogen) atoms. The fourth-order valence-electron chi connectivity index (χ4n) is 3.88. The molecule has 1 aromatic rings. The molecule has 9 heteroatoms. The monoisotopic (exact) mass is 462 g/mol. The molecule has 2 fully saturated rings. The summed E-state index contributed by atoms with van der Waals surface area (Å²) >= 11 is 1.94. The highest BCUT2D eigenvalue weighted by Gasteiger charge is 2.35. The largest absolute Gasteiger partial charge is 0.355 e. The highest BCUT2D eigenvalue weighted by molar-refractivity contribution is 7.99. The van der Waals surface area contributed by atoms with E-state index in [0.29, 0.717) is 19.6 Å². The van der Waals surface area contributed by atoms with Crippen LogP contribution in [0.2, 0.25) is 0 Å². The Hall–Kier alpha value is -0.990. The van der Waals surface area contributed by atoms with E-state index in [1.54, 1.807) is 0 Å². The molecule has 2 saturated heterocycles. The van der Waals surface area contributed by atoms with Crippen LogP contribution in [0.1, 0.15) is 24.4 Å². The summed E-state index contributed by atoms with van der Waals surface area (Å²) in [6, 6.07) is 9.80. The number of likely N-dealkylation sites (tertiary alicyclic amines) is 1. The van der Waals surface area contributed by atoms with Crippen LogP contribution in [0.3, 0.4) is 0 Å². The normalized spacial score (nSPS) is 20.7. The van der Waals surface area contributed by atoms with Crippen LogP contribution in [0, 0.1) is 5.92 Å². The van der Waals surface area contributed by atoms with E-state index in [9.17, 15) is 9.59 Å². The molecule has 0 spiro atoms.